The molecule has 0 saturated carbocycles. The summed E-state index contributed by atoms with van der Waals surface area (Å²) in [5, 5.41) is 9.98. The van der Waals surface area contributed by atoms with E-state index in [9.17, 15) is 0 Å². The normalized spacial score (nSPS) is 15.9. The van der Waals surface area contributed by atoms with E-state index in [-0.39, 0.29) is 30.4 Å². The highest BCUT2D eigenvalue weighted by molar-refractivity contribution is 5.86. The lowest BCUT2D eigenvalue weighted by Gasteiger charge is -2.35. The summed E-state index contributed by atoms with van der Waals surface area (Å²) in [5.41, 5.74) is 1.40. The largest absolute Gasteiger partial charge is 0.317 e. The van der Waals surface area contributed by atoms with Crippen molar-refractivity contribution in [1.29, 1.82) is 0 Å². The van der Waals surface area contributed by atoms with Crippen molar-refractivity contribution in [3.05, 3.63) is 48.0 Å². The molecule has 0 atom stereocenters. The molecule has 122 valence electrons. The minimum Gasteiger partial charge on any atom is -0.317 e. The van der Waals surface area contributed by atoms with Crippen molar-refractivity contribution in [3.63, 3.8) is 0 Å². The van der Waals surface area contributed by atoms with Gasteiger partial charge < -0.3 is 10.6 Å². The molecule has 22 heavy (non-hydrogen) atoms. The van der Waals surface area contributed by atoms with E-state index in [2.05, 4.69) is 66.9 Å². The molecule has 1 fully saturated rings. The molecular weight excluding hydrogens is 315 g/mol. The number of hydrogen-bond acceptors (Lipinski definition) is 2. The molecule has 0 unspecified atom stereocenters. The van der Waals surface area contributed by atoms with Crippen LogP contribution in [-0.4, -0.2) is 19.1 Å². The molecule has 2 aromatic carbocycles. The number of fused-ring (bicyclic) bond motifs is 1. The molecule has 2 nitrogen and oxygen atoms in total. The van der Waals surface area contributed by atoms with Crippen LogP contribution in [0.1, 0.15) is 32.3 Å². The Labute approximate surface area is 145 Å². The van der Waals surface area contributed by atoms with Crippen molar-refractivity contribution in [2.75, 3.05) is 13.1 Å². The molecule has 1 aliphatic heterocycles. The summed E-state index contributed by atoms with van der Waals surface area (Å²) in [6.45, 7) is 6.86. The van der Waals surface area contributed by atoms with Crippen molar-refractivity contribution in [3.8, 4) is 0 Å². The number of halogens is 2. The molecule has 0 aromatic heterocycles. The van der Waals surface area contributed by atoms with Gasteiger partial charge in [0.25, 0.3) is 0 Å². The van der Waals surface area contributed by atoms with Crippen molar-refractivity contribution in [2.24, 2.45) is 0 Å². The molecule has 0 aliphatic carbocycles. The van der Waals surface area contributed by atoms with E-state index >= 15 is 0 Å². The van der Waals surface area contributed by atoms with Crippen molar-refractivity contribution in [2.45, 2.75) is 38.3 Å². The van der Waals surface area contributed by atoms with E-state index in [0.717, 1.165) is 13.1 Å². The van der Waals surface area contributed by atoms with E-state index in [1.165, 1.54) is 29.2 Å². The fourth-order valence-corrected chi connectivity index (χ4v) is 3.32. The molecule has 0 amide bonds. The predicted octanol–water partition coefficient (Wildman–Crippen LogP) is 4.26. The minimum absolute atomic E-state index is 0. The quantitative estimate of drug-likeness (QED) is 0.872. The van der Waals surface area contributed by atoms with E-state index < -0.39 is 0 Å². The summed E-state index contributed by atoms with van der Waals surface area (Å²) in [6.07, 6.45) is 2.43. The highest BCUT2D eigenvalue weighted by Crippen LogP contribution is 2.29. The fraction of sp³-hybridized carbons (Fsp3) is 0.444. The maximum absolute atomic E-state index is 3.86. The Morgan fingerprint density at radius 1 is 0.955 bits per heavy atom. The number of benzene rings is 2. The number of hydrogen-bond donors (Lipinski definition) is 2. The van der Waals surface area contributed by atoms with E-state index in [4.69, 9.17) is 0 Å². The van der Waals surface area contributed by atoms with Crippen molar-refractivity contribution >= 4 is 35.6 Å². The molecule has 0 radical (unpaired) electrons. The smallest absolute Gasteiger partial charge is 0.0385 e. The standard InChI is InChI=1S/C18H24N2.2ClH/c1-18(2,20-15-10-12-19-13-11-15)17-9-5-7-14-6-3-4-8-16(14)17;;/h3-9,15,19-20H,10-13H2,1-2H3;2*1H. The van der Waals surface area contributed by atoms with Gasteiger partial charge in [-0.05, 0) is 56.1 Å². The summed E-state index contributed by atoms with van der Waals surface area (Å²) >= 11 is 0. The maximum Gasteiger partial charge on any atom is 0.0385 e. The summed E-state index contributed by atoms with van der Waals surface area (Å²) in [6, 6.07) is 15.9. The molecule has 0 bridgehead atoms. The Kier molecular flexibility index (Phi) is 7.14. The van der Waals surface area contributed by atoms with Gasteiger partial charge in [0.05, 0.1) is 0 Å². The summed E-state index contributed by atoms with van der Waals surface area (Å²) in [5.74, 6) is 0. The third-order valence-corrected chi connectivity index (χ3v) is 4.37. The molecule has 1 aliphatic rings. The van der Waals surface area contributed by atoms with Gasteiger partial charge in [-0.1, -0.05) is 42.5 Å². The third kappa shape index (κ3) is 4.14. The van der Waals surface area contributed by atoms with Crippen LogP contribution in [0.2, 0.25) is 0 Å². The maximum atomic E-state index is 3.86. The average Bonchev–Trinajstić information content (AvgIpc) is 2.47. The highest BCUT2D eigenvalue weighted by Gasteiger charge is 2.26. The lowest BCUT2D eigenvalue weighted by atomic mass is 9.88. The van der Waals surface area contributed by atoms with Gasteiger partial charge in [0.2, 0.25) is 0 Å². The Hall–Kier alpha value is -0.800. The van der Waals surface area contributed by atoms with Crippen LogP contribution >= 0.6 is 24.8 Å². The van der Waals surface area contributed by atoms with Gasteiger partial charge in [-0.25, -0.2) is 0 Å². The van der Waals surface area contributed by atoms with Gasteiger partial charge >= 0.3 is 0 Å². The second-order valence-corrected chi connectivity index (χ2v) is 6.32. The molecule has 2 aromatic rings. The second-order valence-electron chi connectivity index (χ2n) is 6.32. The van der Waals surface area contributed by atoms with Crippen LogP contribution < -0.4 is 10.6 Å². The fourth-order valence-electron chi connectivity index (χ4n) is 3.32. The van der Waals surface area contributed by atoms with Gasteiger partial charge in [0, 0.05) is 11.6 Å². The van der Waals surface area contributed by atoms with Gasteiger partial charge in [0.1, 0.15) is 0 Å². The first-order chi connectivity index (χ1) is 9.67. The first-order valence-corrected chi connectivity index (χ1v) is 7.63. The average molecular weight is 341 g/mol. The van der Waals surface area contributed by atoms with Crippen LogP contribution in [0.15, 0.2) is 42.5 Å². The van der Waals surface area contributed by atoms with E-state index in [1.54, 1.807) is 0 Å². The van der Waals surface area contributed by atoms with Crippen LogP contribution in [0.25, 0.3) is 10.8 Å². The Morgan fingerprint density at radius 3 is 2.32 bits per heavy atom. The molecule has 1 heterocycles. The Bertz CT molecular complexity index is 587. The predicted molar refractivity (Wildman–Crippen MR) is 100 cm³/mol. The summed E-state index contributed by atoms with van der Waals surface area (Å²) < 4.78 is 0. The zero-order chi connectivity index (χ0) is 14.0. The molecule has 0 spiro atoms. The third-order valence-electron chi connectivity index (χ3n) is 4.37. The second kappa shape index (κ2) is 8.16. The molecular formula is C18H26Cl2N2. The van der Waals surface area contributed by atoms with Gasteiger partial charge in [-0.3, -0.25) is 0 Å². The Balaban J connectivity index is 0.00000121. The highest BCUT2D eigenvalue weighted by atomic mass is 35.5. The van der Waals surface area contributed by atoms with Crippen molar-refractivity contribution in [1.82, 2.24) is 10.6 Å². The van der Waals surface area contributed by atoms with Gasteiger partial charge in [-0.15, -0.1) is 24.8 Å². The number of piperidine rings is 1. The molecule has 2 N–H and O–H groups in total. The van der Waals surface area contributed by atoms with Gasteiger partial charge in [0.15, 0.2) is 0 Å². The molecule has 1 saturated heterocycles. The van der Waals surface area contributed by atoms with Crippen LogP contribution in [-0.2, 0) is 5.54 Å². The SMILES string of the molecule is CC(C)(NC1CCNCC1)c1cccc2ccccc12.Cl.Cl. The van der Waals surface area contributed by atoms with Crippen LogP contribution in [0.3, 0.4) is 0 Å². The first-order valence-electron chi connectivity index (χ1n) is 7.63. The lowest BCUT2D eigenvalue weighted by Crippen LogP contribution is -2.48. The van der Waals surface area contributed by atoms with Crippen molar-refractivity contribution < 1.29 is 0 Å². The molecule has 4 heteroatoms. The minimum atomic E-state index is 0. The van der Waals surface area contributed by atoms with Gasteiger partial charge in [-0.2, -0.15) is 0 Å². The number of rotatable bonds is 3. The van der Waals surface area contributed by atoms with Crippen LogP contribution in [0, 0.1) is 0 Å². The first kappa shape index (κ1) is 19.2. The zero-order valence-electron chi connectivity index (χ0n) is 13.3. The molecule has 3 rings (SSSR count). The number of nitrogens with one attached hydrogen (secondary N) is 2. The summed E-state index contributed by atoms with van der Waals surface area (Å²) in [4.78, 5) is 0. The summed E-state index contributed by atoms with van der Waals surface area (Å²) in [7, 11) is 0. The van der Waals surface area contributed by atoms with Crippen LogP contribution in [0.4, 0.5) is 0 Å². The van der Waals surface area contributed by atoms with Crippen LogP contribution in [0.5, 0.6) is 0 Å². The zero-order valence-corrected chi connectivity index (χ0v) is 14.9. The lowest BCUT2D eigenvalue weighted by molar-refractivity contribution is 0.292. The topological polar surface area (TPSA) is 24.1 Å². The van der Waals surface area contributed by atoms with E-state index in [1.807, 2.05) is 0 Å². The van der Waals surface area contributed by atoms with E-state index in [0.29, 0.717) is 6.04 Å². The monoisotopic (exact) mass is 340 g/mol. The Morgan fingerprint density at radius 2 is 1.59 bits per heavy atom.